The number of rotatable bonds is 3. The minimum absolute atomic E-state index is 0.244. The van der Waals surface area contributed by atoms with Crippen molar-refractivity contribution < 1.29 is 4.79 Å². The molecule has 1 amide bonds. The summed E-state index contributed by atoms with van der Waals surface area (Å²) in [5.41, 5.74) is 5.80. The maximum atomic E-state index is 12.2. The Hall–Kier alpha value is -1.81. The first-order valence-electron chi connectivity index (χ1n) is 5.95. The monoisotopic (exact) mass is 308 g/mol. The van der Waals surface area contributed by atoms with Crippen LogP contribution in [0.25, 0.3) is 0 Å². The fourth-order valence-corrected chi connectivity index (χ4v) is 2.52. The van der Waals surface area contributed by atoms with Crippen LogP contribution in [0.3, 0.4) is 0 Å². The van der Waals surface area contributed by atoms with Gasteiger partial charge in [-0.05, 0) is 13.0 Å². The number of carbonyl (C=O) groups is 1. The molecule has 5 nitrogen and oxygen atoms in total. The highest BCUT2D eigenvalue weighted by Gasteiger charge is 2.14. The molecular formula is C13H13ClN4OS. The third-order valence-electron chi connectivity index (χ3n) is 2.48. The molecule has 0 atom stereocenters. The molecule has 0 aromatic carbocycles. The Kier molecular flexibility index (Phi) is 4.79. The Labute approximate surface area is 125 Å². The first-order valence-corrected chi connectivity index (χ1v) is 7.15. The number of amides is 1. The van der Waals surface area contributed by atoms with E-state index in [2.05, 4.69) is 22.1 Å². The second-order valence-corrected chi connectivity index (χ2v) is 5.29. The van der Waals surface area contributed by atoms with E-state index in [0.717, 1.165) is 4.88 Å². The fourth-order valence-electron chi connectivity index (χ4n) is 1.62. The molecule has 104 valence electrons. The second kappa shape index (κ2) is 6.57. The van der Waals surface area contributed by atoms with Crippen molar-refractivity contribution in [3.63, 3.8) is 0 Å². The zero-order valence-corrected chi connectivity index (χ0v) is 12.4. The van der Waals surface area contributed by atoms with Gasteiger partial charge in [-0.1, -0.05) is 34.8 Å². The highest BCUT2D eigenvalue weighted by Crippen LogP contribution is 2.19. The lowest BCUT2D eigenvalue weighted by Gasteiger charge is -2.04. The van der Waals surface area contributed by atoms with Gasteiger partial charge in [-0.15, -0.1) is 0 Å². The summed E-state index contributed by atoms with van der Waals surface area (Å²) in [6.07, 6.45) is 3.32. The van der Waals surface area contributed by atoms with Crippen LogP contribution in [0.4, 0.5) is 5.13 Å². The Morgan fingerprint density at radius 2 is 2.45 bits per heavy atom. The standard InChI is InChI=1S/C13H13ClN4OS/c1-2-18-8-9(14)6-11(18)12(19)17-13-16-7-10(20-13)4-3-5-15/h6-8H,2,5,15H2,1H3,(H,16,17,19). The average molecular weight is 309 g/mol. The summed E-state index contributed by atoms with van der Waals surface area (Å²) in [6.45, 7) is 2.90. The number of carbonyl (C=O) groups excluding carboxylic acids is 1. The zero-order chi connectivity index (χ0) is 14.5. The molecule has 2 heterocycles. The molecule has 3 N–H and O–H groups in total. The van der Waals surface area contributed by atoms with Crippen LogP contribution < -0.4 is 11.1 Å². The van der Waals surface area contributed by atoms with Gasteiger partial charge >= 0.3 is 0 Å². The molecule has 0 aliphatic rings. The maximum absolute atomic E-state index is 12.2. The normalized spacial score (nSPS) is 9.95. The summed E-state index contributed by atoms with van der Waals surface area (Å²) in [7, 11) is 0. The van der Waals surface area contributed by atoms with Crippen LogP contribution >= 0.6 is 22.9 Å². The number of nitrogens with one attached hydrogen (secondary N) is 1. The minimum Gasteiger partial charge on any atom is -0.342 e. The Balaban J connectivity index is 2.13. The third kappa shape index (κ3) is 3.39. The Bertz CT molecular complexity index is 680. The van der Waals surface area contributed by atoms with Gasteiger partial charge in [0.25, 0.3) is 5.91 Å². The molecule has 0 saturated carbocycles. The summed E-state index contributed by atoms with van der Waals surface area (Å²) in [6, 6.07) is 1.63. The molecule has 7 heteroatoms. The van der Waals surface area contributed by atoms with Crippen LogP contribution in [0.2, 0.25) is 5.02 Å². The Morgan fingerprint density at radius 1 is 1.65 bits per heavy atom. The van der Waals surface area contributed by atoms with Crippen molar-refractivity contribution in [1.82, 2.24) is 9.55 Å². The molecular weight excluding hydrogens is 296 g/mol. The van der Waals surface area contributed by atoms with E-state index < -0.39 is 0 Å². The van der Waals surface area contributed by atoms with Gasteiger partial charge < -0.3 is 10.3 Å². The van der Waals surface area contributed by atoms with E-state index in [-0.39, 0.29) is 5.91 Å². The lowest BCUT2D eigenvalue weighted by Crippen LogP contribution is -2.16. The molecule has 0 spiro atoms. The van der Waals surface area contributed by atoms with Crippen LogP contribution in [-0.2, 0) is 6.54 Å². The number of hydrogen-bond acceptors (Lipinski definition) is 4. The minimum atomic E-state index is -0.244. The van der Waals surface area contributed by atoms with E-state index in [1.54, 1.807) is 23.0 Å². The fraction of sp³-hybridized carbons (Fsp3) is 0.231. The van der Waals surface area contributed by atoms with Crippen LogP contribution in [0.5, 0.6) is 0 Å². The van der Waals surface area contributed by atoms with Gasteiger partial charge in [-0.3, -0.25) is 10.1 Å². The quantitative estimate of drug-likeness (QED) is 0.854. The van der Waals surface area contributed by atoms with Crippen LogP contribution in [0.15, 0.2) is 18.5 Å². The number of aromatic nitrogens is 2. The Morgan fingerprint density at radius 3 is 3.15 bits per heavy atom. The average Bonchev–Trinajstić information content (AvgIpc) is 3.02. The van der Waals surface area contributed by atoms with Crippen molar-refractivity contribution in [1.29, 1.82) is 0 Å². The number of aryl methyl sites for hydroxylation is 1. The number of nitrogens with two attached hydrogens (primary N) is 1. The number of nitrogens with zero attached hydrogens (tertiary/aromatic N) is 2. The molecule has 20 heavy (non-hydrogen) atoms. The molecule has 0 bridgehead atoms. The smallest absolute Gasteiger partial charge is 0.274 e. The van der Waals surface area contributed by atoms with Crippen molar-refractivity contribution in [2.24, 2.45) is 5.73 Å². The summed E-state index contributed by atoms with van der Waals surface area (Å²) >= 11 is 7.21. The van der Waals surface area contributed by atoms with Gasteiger partial charge in [0.05, 0.1) is 22.6 Å². The summed E-state index contributed by atoms with van der Waals surface area (Å²) in [4.78, 5) is 17.0. The molecule has 0 fully saturated rings. The predicted octanol–water partition coefficient (Wildman–Crippen LogP) is 2.18. The van der Waals surface area contributed by atoms with Gasteiger partial charge in [-0.25, -0.2) is 4.98 Å². The SMILES string of the molecule is CCn1cc(Cl)cc1C(=O)Nc1ncc(C#CCN)s1. The van der Waals surface area contributed by atoms with Crippen molar-refractivity contribution in [2.45, 2.75) is 13.5 Å². The van der Waals surface area contributed by atoms with Gasteiger partial charge in [0.1, 0.15) is 5.69 Å². The summed E-state index contributed by atoms with van der Waals surface area (Å²) < 4.78 is 1.78. The number of thiazole rings is 1. The van der Waals surface area contributed by atoms with Crippen molar-refractivity contribution >= 4 is 34.0 Å². The van der Waals surface area contributed by atoms with Crippen molar-refractivity contribution in [2.75, 3.05) is 11.9 Å². The van der Waals surface area contributed by atoms with Crippen LogP contribution in [0, 0.1) is 11.8 Å². The zero-order valence-electron chi connectivity index (χ0n) is 10.8. The van der Waals surface area contributed by atoms with Gasteiger partial charge in [0.2, 0.25) is 0 Å². The second-order valence-electron chi connectivity index (χ2n) is 3.82. The third-order valence-corrected chi connectivity index (χ3v) is 3.51. The summed E-state index contributed by atoms with van der Waals surface area (Å²) in [5.74, 6) is 5.36. The lowest BCUT2D eigenvalue weighted by molar-refractivity contribution is 0.101. The first-order chi connectivity index (χ1) is 9.63. The van der Waals surface area contributed by atoms with Crippen molar-refractivity contribution in [3.05, 3.63) is 34.1 Å². The van der Waals surface area contributed by atoms with Gasteiger partial charge in [-0.2, -0.15) is 0 Å². The van der Waals surface area contributed by atoms with E-state index in [9.17, 15) is 4.79 Å². The molecule has 2 rings (SSSR count). The molecule has 0 radical (unpaired) electrons. The summed E-state index contributed by atoms with van der Waals surface area (Å²) in [5, 5.41) is 3.76. The molecule has 2 aromatic rings. The number of anilines is 1. The predicted molar refractivity (Wildman–Crippen MR) is 81.1 cm³/mol. The highest BCUT2D eigenvalue weighted by molar-refractivity contribution is 7.16. The highest BCUT2D eigenvalue weighted by atomic mass is 35.5. The maximum Gasteiger partial charge on any atom is 0.274 e. The number of hydrogen-bond donors (Lipinski definition) is 2. The van der Waals surface area contributed by atoms with Crippen molar-refractivity contribution in [3.8, 4) is 11.8 Å². The largest absolute Gasteiger partial charge is 0.342 e. The molecule has 0 aliphatic heterocycles. The van der Waals surface area contributed by atoms with Crippen LogP contribution in [-0.4, -0.2) is 22.0 Å². The molecule has 0 unspecified atom stereocenters. The topological polar surface area (TPSA) is 72.9 Å². The molecule has 2 aromatic heterocycles. The lowest BCUT2D eigenvalue weighted by atomic mass is 10.4. The first kappa shape index (κ1) is 14.6. The van der Waals surface area contributed by atoms with E-state index in [0.29, 0.717) is 28.9 Å². The number of halogens is 1. The van der Waals surface area contributed by atoms with E-state index in [4.69, 9.17) is 17.3 Å². The van der Waals surface area contributed by atoms with Gasteiger partial charge in [0.15, 0.2) is 5.13 Å². The van der Waals surface area contributed by atoms with E-state index >= 15 is 0 Å². The van der Waals surface area contributed by atoms with Crippen LogP contribution in [0.1, 0.15) is 22.3 Å². The van der Waals surface area contributed by atoms with E-state index in [1.807, 2.05) is 6.92 Å². The molecule has 0 saturated heterocycles. The van der Waals surface area contributed by atoms with E-state index in [1.165, 1.54) is 11.3 Å². The van der Waals surface area contributed by atoms with Gasteiger partial charge in [0, 0.05) is 12.7 Å². The molecule has 0 aliphatic carbocycles.